The minimum absolute atomic E-state index is 0.0851. The summed E-state index contributed by atoms with van der Waals surface area (Å²) in [4.78, 5) is 35.1. The molecule has 1 N–H and O–H groups in total. The first kappa shape index (κ1) is 19.9. The number of nitrogens with one attached hydrogen (secondary N) is 1. The summed E-state index contributed by atoms with van der Waals surface area (Å²) in [6, 6.07) is 13.4. The zero-order chi connectivity index (χ0) is 22.3. The SMILES string of the molecule is CN(C)C(=O)C1(NC(=O)c2cc(-c3ccc4nn(-c5cccnc5)cc4c3)ccn2)CC1. The smallest absolute Gasteiger partial charge is 0.270 e. The monoisotopic (exact) mass is 426 g/mol. The van der Waals surface area contributed by atoms with Gasteiger partial charge in [0.05, 0.1) is 17.4 Å². The number of hydrogen-bond acceptors (Lipinski definition) is 5. The van der Waals surface area contributed by atoms with Gasteiger partial charge in [0.25, 0.3) is 5.91 Å². The molecule has 32 heavy (non-hydrogen) atoms. The van der Waals surface area contributed by atoms with Crippen molar-refractivity contribution in [2.24, 2.45) is 0 Å². The second kappa shape index (κ2) is 7.56. The van der Waals surface area contributed by atoms with Crippen molar-refractivity contribution in [1.29, 1.82) is 0 Å². The number of carbonyl (C=O) groups is 2. The highest BCUT2D eigenvalue weighted by Crippen LogP contribution is 2.37. The van der Waals surface area contributed by atoms with Gasteiger partial charge < -0.3 is 10.2 Å². The third-order valence-corrected chi connectivity index (χ3v) is 5.66. The fourth-order valence-electron chi connectivity index (χ4n) is 3.79. The van der Waals surface area contributed by atoms with Crippen molar-refractivity contribution in [3.8, 4) is 16.8 Å². The van der Waals surface area contributed by atoms with E-state index in [4.69, 9.17) is 0 Å². The van der Waals surface area contributed by atoms with Gasteiger partial charge in [-0.05, 0) is 60.4 Å². The molecule has 0 radical (unpaired) electrons. The summed E-state index contributed by atoms with van der Waals surface area (Å²) in [7, 11) is 3.39. The van der Waals surface area contributed by atoms with E-state index in [9.17, 15) is 9.59 Å². The van der Waals surface area contributed by atoms with Gasteiger partial charge in [0.2, 0.25) is 5.91 Å². The van der Waals surface area contributed by atoms with Crippen LogP contribution < -0.4 is 5.32 Å². The Kier molecular flexibility index (Phi) is 4.70. The number of pyridine rings is 2. The minimum atomic E-state index is -0.794. The second-order valence-electron chi connectivity index (χ2n) is 8.22. The lowest BCUT2D eigenvalue weighted by atomic mass is 10.0. The summed E-state index contributed by atoms with van der Waals surface area (Å²) in [6.07, 6.45) is 8.34. The zero-order valence-electron chi connectivity index (χ0n) is 17.8. The third-order valence-electron chi connectivity index (χ3n) is 5.66. The molecule has 0 atom stereocenters. The van der Waals surface area contributed by atoms with Crippen molar-refractivity contribution >= 4 is 22.7 Å². The summed E-state index contributed by atoms with van der Waals surface area (Å²) in [5, 5.41) is 8.46. The molecule has 3 heterocycles. The van der Waals surface area contributed by atoms with Crippen LogP contribution >= 0.6 is 0 Å². The highest BCUT2D eigenvalue weighted by Gasteiger charge is 2.52. The predicted molar refractivity (Wildman–Crippen MR) is 120 cm³/mol. The summed E-state index contributed by atoms with van der Waals surface area (Å²) >= 11 is 0. The maximum atomic E-state index is 12.8. The lowest BCUT2D eigenvalue weighted by Gasteiger charge is -2.20. The molecular weight excluding hydrogens is 404 g/mol. The van der Waals surface area contributed by atoms with Gasteiger partial charge in [0.1, 0.15) is 11.2 Å². The standard InChI is InChI=1S/C24H22N6O2/c1-29(2)23(32)24(8-9-24)27-22(31)21-13-17(7-11-26-21)16-5-6-20-18(12-16)15-30(28-20)19-4-3-10-25-14-19/h3-7,10-15H,8-9H2,1-2H3,(H,27,31). The molecular formula is C24H22N6O2. The van der Waals surface area contributed by atoms with E-state index in [1.54, 1.807) is 43.4 Å². The van der Waals surface area contributed by atoms with Crippen molar-refractivity contribution in [3.05, 3.63) is 72.9 Å². The van der Waals surface area contributed by atoms with Crippen molar-refractivity contribution in [2.75, 3.05) is 14.1 Å². The normalized spacial score (nSPS) is 14.2. The fourth-order valence-corrected chi connectivity index (χ4v) is 3.79. The van der Waals surface area contributed by atoms with E-state index in [1.165, 1.54) is 4.90 Å². The molecule has 1 aliphatic carbocycles. The van der Waals surface area contributed by atoms with Crippen LogP contribution in [0.5, 0.6) is 0 Å². The maximum absolute atomic E-state index is 12.8. The van der Waals surface area contributed by atoms with Gasteiger partial charge in [-0.3, -0.25) is 19.6 Å². The number of benzene rings is 1. The van der Waals surface area contributed by atoms with Gasteiger partial charge in [-0.1, -0.05) is 6.07 Å². The van der Waals surface area contributed by atoms with Gasteiger partial charge in [0, 0.05) is 38.1 Å². The Balaban J connectivity index is 1.41. The lowest BCUT2D eigenvalue weighted by molar-refractivity contribution is -0.131. The van der Waals surface area contributed by atoms with Crippen LogP contribution in [0.25, 0.3) is 27.7 Å². The first-order chi connectivity index (χ1) is 15.4. The van der Waals surface area contributed by atoms with E-state index in [-0.39, 0.29) is 17.5 Å². The molecule has 0 unspecified atom stereocenters. The number of carbonyl (C=O) groups excluding carboxylic acids is 2. The number of fused-ring (bicyclic) bond motifs is 1. The molecule has 8 nitrogen and oxygen atoms in total. The molecule has 1 fully saturated rings. The summed E-state index contributed by atoms with van der Waals surface area (Å²) in [5.74, 6) is -0.428. The molecule has 160 valence electrons. The van der Waals surface area contributed by atoms with E-state index in [0.717, 1.165) is 27.7 Å². The Morgan fingerprint density at radius 1 is 1.06 bits per heavy atom. The molecule has 0 saturated heterocycles. The van der Waals surface area contributed by atoms with Gasteiger partial charge in [-0.2, -0.15) is 5.10 Å². The van der Waals surface area contributed by atoms with Crippen LogP contribution in [0.4, 0.5) is 0 Å². The third kappa shape index (κ3) is 3.60. The summed E-state index contributed by atoms with van der Waals surface area (Å²) in [5.41, 5.74) is 3.05. The van der Waals surface area contributed by atoms with Gasteiger partial charge in [0.15, 0.2) is 0 Å². The van der Waals surface area contributed by atoms with Crippen LogP contribution in [-0.4, -0.2) is 56.1 Å². The number of rotatable bonds is 5. The highest BCUT2D eigenvalue weighted by molar-refractivity contribution is 6.00. The molecule has 0 bridgehead atoms. The molecule has 3 aromatic heterocycles. The molecule has 1 saturated carbocycles. The number of likely N-dealkylation sites (N-methyl/N-ethyl adjacent to an activating group) is 1. The average molecular weight is 426 g/mol. The fraction of sp³-hybridized carbons (Fsp3) is 0.208. The number of hydrogen-bond donors (Lipinski definition) is 1. The average Bonchev–Trinajstić information content (AvgIpc) is 3.47. The van der Waals surface area contributed by atoms with Crippen LogP contribution in [0.2, 0.25) is 0 Å². The molecule has 2 amide bonds. The first-order valence-electron chi connectivity index (χ1n) is 10.4. The van der Waals surface area contributed by atoms with E-state index in [2.05, 4.69) is 20.4 Å². The number of amides is 2. The number of aromatic nitrogens is 4. The quantitative estimate of drug-likeness (QED) is 0.530. The Morgan fingerprint density at radius 2 is 1.88 bits per heavy atom. The summed E-state index contributed by atoms with van der Waals surface area (Å²) in [6.45, 7) is 0. The molecule has 5 rings (SSSR count). The Labute approximate surface area is 184 Å². The molecule has 0 aliphatic heterocycles. The van der Waals surface area contributed by atoms with Crippen LogP contribution in [0, 0.1) is 0 Å². The van der Waals surface area contributed by atoms with Gasteiger partial charge in [-0.15, -0.1) is 0 Å². The maximum Gasteiger partial charge on any atom is 0.270 e. The van der Waals surface area contributed by atoms with Crippen molar-refractivity contribution in [3.63, 3.8) is 0 Å². The number of nitrogens with zero attached hydrogens (tertiary/aromatic N) is 5. The predicted octanol–water partition coefficient (Wildman–Crippen LogP) is 2.83. The van der Waals surface area contributed by atoms with E-state index in [1.807, 2.05) is 42.6 Å². The minimum Gasteiger partial charge on any atom is -0.347 e. The van der Waals surface area contributed by atoms with Crippen LogP contribution in [0.15, 0.2) is 67.3 Å². The zero-order valence-corrected chi connectivity index (χ0v) is 17.8. The lowest BCUT2D eigenvalue weighted by Crippen LogP contribution is -2.48. The molecule has 1 aliphatic rings. The van der Waals surface area contributed by atoms with Crippen LogP contribution in [0.1, 0.15) is 23.3 Å². The van der Waals surface area contributed by atoms with Gasteiger partial charge in [-0.25, -0.2) is 4.68 Å². The van der Waals surface area contributed by atoms with Crippen molar-refractivity contribution in [1.82, 2.24) is 30.0 Å². The molecule has 8 heteroatoms. The van der Waals surface area contributed by atoms with Crippen LogP contribution in [0.3, 0.4) is 0 Å². The Hall–Kier alpha value is -4.07. The van der Waals surface area contributed by atoms with E-state index in [0.29, 0.717) is 12.8 Å². The molecule has 1 aromatic carbocycles. The highest BCUT2D eigenvalue weighted by atomic mass is 16.2. The largest absolute Gasteiger partial charge is 0.347 e. The first-order valence-corrected chi connectivity index (χ1v) is 10.4. The Bertz CT molecular complexity index is 1320. The topological polar surface area (TPSA) is 93.0 Å². The van der Waals surface area contributed by atoms with Crippen molar-refractivity contribution < 1.29 is 9.59 Å². The van der Waals surface area contributed by atoms with Crippen molar-refractivity contribution in [2.45, 2.75) is 18.4 Å². The van der Waals surface area contributed by atoms with E-state index >= 15 is 0 Å². The Morgan fingerprint density at radius 3 is 2.59 bits per heavy atom. The van der Waals surface area contributed by atoms with E-state index < -0.39 is 5.54 Å². The van der Waals surface area contributed by atoms with Crippen LogP contribution in [-0.2, 0) is 4.79 Å². The molecule has 0 spiro atoms. The summed E-state index contributed by atoms with van der Waals surface area (Å²) < 4.78 is 1.80. The van der Waals surface area contributed by atoms with Gasteiger partial charge >= 0.3 is 0 Å². The second-order valence-corrected chi connectivity index (χ2v) is 8.22. The molecule has 4 aromatic rings.